The molecule has 1 saturated heterocycles. The molecule has 0 aromatic heterocycles. The fraction of sp³-hybridized carbons (Fsp3) is 0.750. The van der Waals surface area contributed by atoms with Crippen LogP contribution in [0.15, 0.2) is 0 Å². The second kappa shape index (κ2) is 6.56. The van der Waals surface area contributed by atoms with Gasteiger partial charge in [-0.2, -0.15) is 0 Å². The summed E-state index contributed by atoms with van der Waals surface area (Å²) < 4.78 is 0. The smallest absolute Gasteiger partial charge is 0.214 e. The average Bonchev–Trinajstić information content (AvgIpc) is 2.54. The van der Waals surface area contributed by atoms with E-state index in [4.69, 9.17) is 5.11 Å². The Morgan fingerprint density at radius 2 is 1.92 bits per heavy atom. The summed E-state index contributed by atoms with van der Waals surface area (Å²) >= 11 is 0. The highest BCUT2D eigenvalue weighted by Crippen LogP contribution is 2.08. The quantitative estimate of drug-likeness (QED) is 0.549. The molecule has 5 heteroatoms. The van der Waals surface area contributed by atoms with Gasteiger partial charge in [0.1, 0.15) is 0 Å². The van der Waals surface area contributed by atoms with Crippen LogP contribution in [0.1, 0.15) is 19.8 Å². The monoisotopic (exact) mass is 188 g/mol. The van der Waals surface area contributed by atoms with Gasteiger partial charge in [-0.3, -0.25) is 14.5 Å². The van der Waals surface area contributed by atoms with Gasteiger partial charge in [0.2, 0.25) is 5.91 Å². The Hall–Kier alpha value is -0.940. The van der Waals surface area contributed by atoms with Gasteiger partial charge in [0, 0.05) is 20.0 Å². The largest absolute Gasteiger partial charge is 0.371 e. The summed E-state index contributed by atoms with van der Waals surface area (Å²) in [5.74, 6) is -0.333. The fourth-order valence-electron chi connectivity index (χ4n) is 1.09. The molecule has 1 amide bonds. The maximum atomic E-state index is 10.0. The molecule has 1 unspecified atom stereocenters. The third-order valence-electron chi connectivity index (χ3n) is 1.64. The molecular weight excluding hydrogens is 172 g/mol. The van der Waals surface area contributed by atoms with Crippen LogP contribution in [0.5, 0.6) is 0 Å². The van der Waals surface area contributed by atoms with Gasteiger partial charge >= 0.3 is 0 Å². The third-order valence-corrected chi connectivity index (χ3v) is 1.64. The minimum Gasteiger partial charge on any atom is -0.371 e. The summed E-state index contributed by atoms with van der Waals surface area (Å²) in [6.45, 7) is 3.03. The number of hydrogen-bond donors (Lipinski definition) is 2. The lowest BCUT2D eigenvalue weighted by Gasteiger charge is -2.15. The van der Waals surface area contributed by atoms with Gasteiger partial charge in [0.05, 0.1) is 0 Å². The summed E-state index contributed by atoms with van der Waals surface area (Å²) in [5.41, 5.74) is 4.47. The summed E-state index contributed by atoms with van der Waals surface area (Å²) in [7, 11) is 0. The van der Waals surface area contributed by atoms with E-state index >= 15 is 0 Å². The number of amides is 1. The highest BCUT2D eigenvalue weighted by Gasteiger charge is 2.17. The van der Waals surface area contributed by atoms with E-state index < -0.39 is 6.23 Å². The minimum atomic E-state index is -0.854. The first-order valence-corrected chi connectivity index (χ1v) is 4.21. The van der Waals surface area contributed by atoms with Crippen LogP contribution in [-0.4, -0.2) is 41.5 Å². The van der Waals surface area contributed by atoms with Gasteiger partial charge in [-0.05, 0) is 12.8 Å². The normalized spacial score (nSPS) is 18.6. The van der Waals surface area contributed by atoms with Crippen molar-refractivity contribution >= 4 is 12.2 Å². The number of primary amides is 1. The van der Waals surface area contributed by atoms with Gasteiger partial charge in [0.15, 0.2) is 12.5 Å². The number of rotatable bonds is 2. The topological polar surface area (TPSA) is 83.6 Å². The molecule has 0 spiro atoms. The molecule has 3 N–H and O–H groups in total. The zero-order chi connectivity index (χ0) is 10.3. The van der Waals surface area contributed by atoms with Gasteiger partial charge < -0.3 is 10.8 Å². The standard InChI is InChI=1S/C6H11NO2.C2H5NO/c8-5-6(9)7-3-1-2-4-7;1-2(3)4/h5-6,9H,1-4H2;1H3,(H2,3,4). The second-order valence-corrected chi connectivity index (χ2v) is 2.90. The minimum absolute atomic E-state index is 0.333. The van der Waals surface area contributed by atoms with E-state index in [1.807, 2.05) is 0 Å². The van der Waals surface area contributed by atoms with E-state index in [9.17, 15) is 9.59 Å². The van der Waals surface area contributed by atoms with Crippen LogP contribution in [0.2, 0.25) is 0 Å². The van der Waals surface area contributed by atoms with Crippen molar-refractivity contribution in [1.29, 1.82) is 0 Å². The van der Waals surface area contributed by atoms with Gasteiger partial charge in [0.25, 0.3) is 0 Å². The first-order chi connectivity index (χ1) is 6.07. The summed E-state index contributed by atoms with van der Waals surface area (Å²) in [6, 6.07) is 0. The van der Waals surface area contributed by atoms with Crippen LogP contribution >= 0.6 is 0 Å². The molecule has 1 atom stereocenters. The molecule has 0 aromatic rings. The molecule has 1 aliphatic rings. The molecule has 5 nitrogen and oxygen atoms in total. The summed E-state index contributed by atoms with van der Waals surface area (Å²) in [6.07, 6.45) is 1.92. The molecule has 0 aliphatic carbocycles. The van der Waals surface area contributed by atoms with Crippen molar-refractivity contribution in [2.45, 2.75) is 26.0 Å². The molecular formula is C8H16N2O3. The molecule has 0 saturated carbocycles. The Balaban J connectivity index is 0.000000310. The number of nitrogens with two attached hydrogens (primary N) is 1. The summed E-state index contributed by atoms with van der Waals surface area (Å²) in [4.78, 5) is 21.0. The van der Waals surface area contributed by atoms with Gasteiger partial charge in [-0.15, -0.1) is 0 Å². The Morgan fingerprint density at radius 3 is 2.23 bits per heavy atom. The Bertz CT molecular complexity index is 163. The molecule has 1 aliphatic heterocycles. The predicted molar refractivity (Wildman–Crippen MR) is 47.7 cm³/mol. The Labute approximate surface area is 77.5 Å². The van der Waals surface area contributed by atoms with Gasteiger partial charge in [-0.25, -0.2) is 0 Å². The second-order valence-electron chi connectivity index (χ2n) is 2.90. The fourth-order valence-corrected chi connectivity index (χ4v) is 1.09. The Kier molecular flexibility index (Phi) is 6.09. The van der Waals surface area contributed by atoms with Crippen LogP contribution < -0.4 is 5.73 Å². The number of carbonyl (C=O) groups is 2. The number of aliphatic hydroxyl groups excluding tert-OH is 1. The highest BCUT2D eigenvalue weighted by atomic mass is 16.3. The molecule has 76 valence electrons. The first kappa shape index (κ1) is 12.1. The van der Waals surface area contributed by atoms with Crippen LogP contribution in [0, 0.1) is 0 Å². The third kappa shape index (κ3) is 6.24. The lowest BCUT2D eigenvalue weighted by atomic mass is 10.4. The first-order valence-electron chi connectivity index (χ1n) is 4.21. The lowest BCUT2D eigenvalue weighted by molar-refractivity contribution is -0.122. The van der Waals surface area contributed by atoms with Crippen LogP contribution in [0.3, 0.4) is 0 Å². The van der Waals surface area contributed by atoms with Crippen LogP contribution in [0.25, 0.3) is 0 Å². The zero-order valence-corrected chi connectivity index (χ0v) is 7.77. The number of aldehydes is 1. The summed E-state index contributed by atoms with van der Waals surface area (Å²) in [5, 5.41) is 8.92. The van der Waals surface area contributed by atoms with Crippen molar-refractivity contribution in [2.75, 3.05) is 13.1 Å². The maximum absolute atomic E-state index is 10.0. The number of hydrogen-bond acceptors (Lipinski definition) is 4. The lowest BCUT2D eigenvalue weighted by Crippen LogP contribution is -2.33. The predicted octanol–water partition coefficient (Wildman–Crippen LogP) is -0.909. The molecule has 1 heterocycles. The van der Waals surface area contributed by atoms with Crippen molar-refractivity contribution in [1.82, 2.24) is 4.90 Å². The van der Waals surface area contributed by atoms with E-state index in [1.54, 1.807) is 4.90 Å². The molecule has 0 bridgehead atoms. The number of likely N-dealkylation sites (tertiary alicyclic amines) is 1. The van der Waals surface area contributed by atoms with Crippen molar-refractivity contribution in [3.8, 4) is 0 Å². The van der Waals surface area contributed by atoms with E-state index in [2.05, 4.69) is 5.73 Å². The van der Waals surface area contributed by atoms with Gasteiger partial charge in [-0.1, -0.05) is 0 Å². The molecule has 13 heavy (non-hydrogen) atoms. The van der Waals surface area contributed by atoms with E-state index in [0.29, 0.717) is 6.29 Å². The van der Waals surface area contributed by atoms with E-state index in [-0.39, 0.29) is 5.91 Å². The molecule has 1 fully saturated rings. The van der Waals surface area contributed by atoms with E-state index in [0.717, 1.165) is 25.9 Å². The van der Waals surface area contributed by atoms with Crippen molar-refractivity contribution in [2.24, 2.45) is 5.73 Å². The maximum Gasteiger partial charge on any atom is 0.214 e. The molecule has 0 radical (unpaired) electrons. The van der Waals surface area contributed by atoms with Crippen molar-refractivity contribution in [3.05, 3.63) is 0 Å². The average molecular weight is 188 g/mol. The molecule has 1 rings (SSSR count). The SMILES string of the molecule is CC(N)=O.O=CC(O)N1CCCC1. The van der Waals surface area contributed by atoms with Crippen molar-refractivity contribution < 1.29 is 14.7 Å². The number of nitrogens with zero attached hydrogens (tertiary/aromatic N) is 1. The number of aliphatic hydroxyl groups is 1. The van der Waals surface area contributed by atoms with Crippen LogP contribution in [0.4, 0.5) is 0 Å². The van der Waals surface area contributed by atoms with Crippen molar-refractivity contribution in [3.63, 3.8) is 0 Å². The Morgan fingerprint density at radius 1 is 1.54 bits per heavy atom. The molecule has 0 aromatic carbocycles. The highest BCUT2D eigenvalue weighted by molar-refractivity contribution is 5.70. The van der Waals surface area contributed by atoms with Crippen LogP contribution in [-0.2, 0) is 9.59 Å². The number of carbonyl (C=O) groups excluding carboxylic acids is 2. The zero-order valence-electron chi connectivity index (χ0n) is 7.77. The van der Waals surface area contributed by atoms with E-state index in [1.165, 1.54) is 6.92 Å².